The molecule has 5 rings (SSSR count). The second-order valence-electron chi connectivity index (χ2n) is 7.69. The van der Waals surface area contributed by atoms with Crippen LogP contribution in [-0.4, -0.2) is 62.0 Å². The van der Waals surface area contributed by atoms with Crippen LogP contribution in [0, 0.1) is 0 Å². The number of rotatable bonds is 5. The van der Waals surface area contributed by atoms with Gasteiger partial charge >= 0.3 is 0 Å². The van der Waals surface area contributed by atoms with Crippen molar-refractivity contribution in [1.82, 2.24) is 29.8 Å². The first-order valence-corrected chi connectivity index (χ1v) is 10.8. The molecule has 2 N–H and O–H groups in total. The van der Waals surface area contributed by atoms with Crippen LogP contribution >= 0.6 is 11.6 Å². The van der Waals surface area contributed by atoms with Crippen LogP contribution in [0.15, 0.2) is 36.9 Å². The van der Waals surface area contributed by atoms with Crippen molar-refractivity contribution in [1.29, 1.82) is 0 Å². The number of hydrogen-bond donors (Lipinski definition) is 2. The Labute approximate surface area is 189 Å². The van der Waals surface area contributed by atoms with Gasteiger partial charge in [-0.3, -0.25) is 9.78 Å². The van der Waals surface area contributed by atoms with Gasteiger partial charge in [0.2, 0.25) is 5.91 Å². The molecule has 1 amide bonds. The van der Waals surface area contributed by atoms with Gasteiger partial charge in [0.05, 0.1) is 48.4 Å². The van der Waals surface area contributed by atoms with E-state index in [0.717, 1.165) is 16.5 Å². The van der Waals surface area contributed by atoms with Crippen molar-refractivity contribution in [2.45, 2.75) is 19.4 Å². The number of aromatic nitrogens is 5. The first-order chi connectivity index (χ1) is 15.6. The average Bonchev–Trinajstić information content (AvgIpc) is 3.29. The average molecular weight is 452 g/mol. The summed E-state index contributed by atoms with van der Waals surface area (Å²) < 4.78 is 5.36. The Balaban J connectivity index is 1.49. The van der Waals surface area contributed by atoms with Crippen molar-refractivity contribution in [3.8, 4) is 0 Å². The van der Waals surface area contributed by atoms with E-state index in [0.29, 0.717) is 54.0 Å². The zero-order valence-electron chi connectivity index (χ0n) is 17.5. The van der Waals surface area contributed by atoms with Crippen molar-refractivity contribution >= 4 is 45.3 Å². The van der Waals surface area contributed by atoms with Gasteiger partial charge in [-0.15, -0.1) is 0 Å². The third kappa shape index (κ3) is 3.96. The number of anilines is 1. The Morgan fingerprint density at radius 2 is 2.12 bits per heavy atom. The van der Waals surface area contributed by atoms with Crippen LogP contribution in [0.4, 0.5) is 5.82 Å². The van der Waals surface area contributed by atoms with Gasteiger partial charge in [-0.05, 0) is 24.4 Å². The molecule has 1 atom stereocenters. The summed E-state index contributed by atoms with van der Waals surface area (Å²) in [5, 5.41) is 5.70. The second-order valence-corrected chi connectivity index (χ2v) is 8.10. The molecule has 1 fully saturated rings. The molecule has 0 radical (unpaired) electrons. The van der Waals surface area contributed by atoms with E-state index in [1.807, 2.05) is 36.1 Å². The monoisotopic (exact) mass is 451 g/mol. The number of H-pyrrole nitrogens is 1. The molecule has 1 saturated heterocycles. The number of hydrogen-bond acceptors (Lipinski definition) is 7. The highest BCUT2D eigenvalue weighted by molar-refractivity contribution is 6.35. The standard InChI is InChI=1S/C22H22ClN7O2/c1-13(28-22-20-21(25-11-24-20)26-12-27-22)16-9-14-3-2-4-15(23)19(14)17(29-16)10-18(31)30-5-7-32-8-6-30/h2-4,9,11-13H,5-8,10H2,1H3,(H2,24,25,26,27,28)/t13-/m0/s1. The second kappa shape index (κ2) is 8.68. The van der Waals surface area contributed by atoms with E-state index < -0.39 is 0 Å². The fourth-order valence-corrected chi connectivity index (χ4v) is 4.23. The molecule has 4 heterocycles. The molecule has 3 aromatic heterocycles. The molecule has 0 saturated carbocycles. The number of carbonyl (C=O) groups is 1. The fourth-order valence-electron chi connectivity index (χ4n) is 3.94. The summed E-state index contributed by atoms with van der Waals surface area (Å²) >= 11 is 6.52. The van der Waals surface area contributed by atoms with Gasteiger partial charge in [0.1, 0.15) is 11.8 Å². The summed E-state index contributed by atoms with van der Waals surface area (Å²) in [6, 6.07) is 7.51. The smallest absolute Gasteiger partial charge is 0.228 e. The Bertz CT molecular complexity index is 1290. The van der Waals surface area contributed by atoms with Crippen molar-refractivity contribution in [3.63, 3.8) is 0 Å². The molecule has 10 heteroatoms. The number of benzene rings is 1. The molecule has 0 aliphatic carbocycles. The van der Waals surface area contributed by atoms with Gasteiger partial charge in [0.25, 0.3) is 0 Å². The highest BCUT2D eigenvalue weighted by Crippen LogP contribution is 2.30. The third-order valence-corrected chi connectivity index (χ3v) is 5.91. The van der Waals surface area contributed by atoms with E-state index in [1.165, 1.54) is 6.33 Å². The van der Waals surface area contributed by atoms with Crippen molar-refractivity contribution in [2.75, 3.05) is 31.6 Å². The lowest BCUT2D eigenvalue weighted by molar-refractivity contribution is -0.134. The van der Waals surface area contributed by atoms with Crippen molar-refractivity contribution in [2.24, 2.45) is 0 Å². The van der Waals surface area contributed by atoms with Gasteiger partial charge in [-0.2, -0.15) is 0 Å². The first-order valence-electron chi connectivity index (χ1n) is 10.4. The van der Waals surface area contributed by atoms with E-state index in [2.05, 4.69) is 25.3 Å². The predicted molar refractivity (Wildman–Crippen MR) is 122 cm³/mol. The van der Waals surface area contributed by atoms with Crippen LogP contribution in [-0.2, 0) is 16.0 Å². The predicted octanol–water partition coefficient (Wildman–Crippen LogP) is 3.13. The zero-order valence-corrected chi connectivity index (χ0v) is 18.3. The molecule has 4 aromatic rings. The minimum Gasteiger partial charge on any atom is -0.378 e. The molecule has 1 aliphatic rings. The number of halogens is 1. The van der Waals surface area contributed by atoms with Crippen LogP contribution in [0.3, 0.4) is 0 Å². The van der Waals surface area contributed by atoms with Crippen LogP contribution in [0.25, 0.3) is 21.9 Å². The number of imidazole rings is 1. The topological polar surface area (TPSA) is 109 Å². The van der Waals surface area contributed by atoms with Crippen molar-refractivity contribution < 1.29 is 9.53 Å². The maximum atomic E-state index is 13.0. The molecule has 1 aromatic carbocycles. The Kier molecular flexibility index (Phi) is 5.59. The highest BCUT2D eigenvalue weighted by atomic mass is 35.5. The summed E-state index contributed by atoms with van der Waals surface area (Å²) in [6.07, 6.45) is 3.24. The molecule has 9 nitrogen and oxygen atoms in total. The fraction of sp³-hybridized carbons (Fsp3) is 0.318. The van der Waals surface area contributed by atoms with E-state index in [4.69, 9.17) is 21.3 Å². The van der Waals surface area contributed by atoms with Gasteiger partial charge in [0.15, 0.2) is 11.5 Å². The molecule has 1 aliphatic heterocycles. The third-order valence-electron chi connectivity index (χ3n) is 5.60. The summed E-state index contributed by atoms with van der Waals surface area (Å²) in [5.74, 6) is 0.636. The lowest BCUT2D eigenvalue weighted by Crippen LogP contribution is -2.41. The Morgan fingerprint density at radius 3 is 2.97 bits per heavy atom. The van der Waals surface area contributed by atoms with E-state index in [-0.39, 0.29) is 18.4 Å². The maximum Gasteiger partial charge on any atom is 0.228 e. The van der Waals surface area contributed by atoms with Gasteiger partial charge in [-0.1, -0.05) is 23.7 Å². The molecule has 0 spiro atoms. The summed E-state index contributed by atoms with van der Waals surface area (Å²) in [5.41, 5.74) is 2.77. The zero-order chi connectivity index (χ0) is 22.1. The summed E-state index contributed by atoms with van der Waals surface area (Å²) in [4.78, 5) is 35.4. The quantitative estimate of drug-likeness (QED) is 0.479. The number of ether oxygens (including phenoxy) is 1. The summed E-state index contributed by atoms with van der Waals surface area (Å²) in [7, 11) is 0. The van der Waals surface area contributed by atoms with Gasteiger partial charge in [-0.25, -0.2) is 15.0 Å². The number of pyridine rings is 1. The van der Waals surface area contributed by atoms with E-state index >= 15 is 0 Å². The van der Waals surface area contributed by atoms with Crippen LogP contribution in [0.5, 0.6) is 0 Å². The highest BCUT2D eigenvalue weighted by Gasteiger charge is 2.21. The number of nitrogens with zero attached hydrogens (tertiary/aromatic N) is 5. The number of nitrogens with one attached hydrogen (secondary N) is 2. The minimum atomic E-state index is -0.189. The van der Waals surface area contributed by atoms with Gasteiger partial charge in [0, 0.05) is 18.5 Å². The number of morpholine rings is 1. The first kappa shape index (κ1) is 20.6. The molecular weight excluding hydrogens is 430 g/mol. The number of carbonyl (C=O) groups excluding carboxylic acids is 1. The Morgan fingerprint density at radius 1 is 1.28 bits per heavy atom. The van der Waals surface area contributed by atoms with Crippen LogP contribution in [0.2, 0.25) is 5.02 Å². The van der Waals surface area contributed by atoms with Crippen molar-refractivity contribution in [3.05, 3.63) is 53.3 Å². The lowest BCUT2D eigenvalue weighted by atomic mass is 10.0. The van der Waals surface area contributed by atoms with Crippen LogP contribution < -0.4 is 5.32 Å². The number of amides is 1. The van der Waals surface area contributed by atoms with E-state index in [1.54, 1.807) is 6.33 Å². The molecule has 164 valence electrons. The van der Waals surface area contributed by atoms with E-state index in [9.17, 15) is 4.79 Å². The molecule has 0 unspecified atom stereocenters. The van der Waals surface area contributed by atoms with Crippen LogP contribution in [0.1, 0.15) is 24.4 Å². The number of aromatic amines is 1. The molecule has 0 bridgehead atoms. The largest absolute Gasteiger partial charge is 0.378 e. The minimum absolute atomic E-state index is 0.0220. The SMILES string of the molecule is C[C@H](Nc1ncnc2[nH]cnc12)c1cc2cccc(Cl)c2c(CC(=O)N2CCOCC2)n1. The molecular formula is C22H22ClN7O2. The Hall–Kier alpha value is -3.30. The normalized spacial score (nSPS) is 15.2. The van der Waals surface area contributed by atoms with Gasteiger partial charge < -0.3 is 19.9 Å². The summed E-state index contributed by atoms with van der Waals surface area (Å²) in [6.45, 7) is 4.29. The molecule has 32 heavy (non-hydrogen) atoms. The lowest BCUT2D eigenvalue weighted by Gasteiger charge is -2.27. The number of fused-ring (bicyclic) bond motifs is 2. The maximum absolute atomic E-state index is 13.0.